The van der Waals surface area contributed by atoms with Crippen molar-refractivity contribution in [2.24, 2.45) is 5.92 Å². The average Bonchev–Trinajstić information content (AvgIpc) is 2.55. The van der Waals surface area contributed by atoms with E-state index < -0.39 is 10.0 Å². The topological polar surface area (TPSA) is 75.7 Å². The van der Waals surface area contributed by atoms with E-state index in [4.69, 9.17) is 4.74 Å². The first-order valence-corrected chi connectivity index (χ1v) is 8.87. The molecule has 0 radical (unpaired) electrons. The molecule has 1 aromatic rings. The van der Waals surface area contributed by atoms with Gasteiger partial charge in [0.15, 0.2) is 0 Å². The van der Waals surface area contributed by atoms with Gasteiger partial charge in [0.25, 0.3) is 0 Å². The molecule has 0 unspecified atom stereocenters. The Balaban J connectivity index is 2.16. The molecule has 1 N–H and O–H groups in total. The van der Waals surface area contributed by atoms with Gasteiger partial charge in [0.2, 0.25) is 15.9 Å². The number of hydrogen-bond acceptors (Lipinski definition) is 4. The van der Waals surface area contributed by atoms with Crippen molar-refractivity contribution in [3.8, 4) is 5.75 Å². The maximum absolute atomic E-state index is 12.7. The molecule has 1 aromatic carbocycles. The minimum Gasteiger partial charge on any atom is -0.494 e. The van der Waals surface area contributed by atoms with Crippen molar-refractivity contribution in [2.45, 2.75) is 24.7 Å². The molecule has 1 fully saturated rings. The fourth-order valence-corrected chi connectivity index (χ4v) is 4.13. The Morgan fingerprint density at radius 2 is 2.05 bits per heavy atom. The van der Waals surface area contributed by atoms with Gasteiger partial charge in [-0.05, 0) is 44.0 Å². The van der Waals surface area contributed by atoms with Gasteiger partial charge in [-0.2, -0.15) is 4.31 Å². The van der Waals surface area contributed by atoms with Crippen LogP contribution in [0.4, 0.5) is 0 Å². The number of carbonyl (C=O) groups excluding carboxylic acids is 1. The first-order chi connectivity index (χ1) is 10.5. The first kappa shape index (κ1) is 16.8. The standard InChI is InChI=1S/C15H22N2O4S/c1-3-21-13-6-8-14(9-7-13)22(19,20)17-10-4-5-12(11-17)15(18)16-2/h6-9,12H,3-5,10-11H2,1-2H3,(H,16,18)/t12-/m0/s1. The second-order valence-electron chi connectivity index (χ2n) is 5.22. The van der Waals surface area contributed by atoms with E-state index in [0.717, 1.165) is 6.42 Å². The van der Waals surface area contributed by atoms with Crippen LogP contribution in [-0.4, -0.2) is 45.4 Å². The molecule has 1 amide bonds. The van der Waals surface area contributed by atoms with Crippen LogP contribution in [0.15, 0.2) is 29.2 Å². The van der Waals surface area contributed by atoms with E-state index in [2.05, 4.69) is 5.32 Å². The maximum atomic E-state index is 12.7. The Hall–Kier alpha value is -1.60. The highest BCUT2D eigenvalue weighted by Gasteiger charge is 2.32. The third-order valence-electron chi connectivity index (χ3n) is 3.77. The van der Waals surface area contributed by atoms with Crippen molar-refractivity contribution in [2.75, 3.05) is 26.7 Å². The molecule has 122 valence electrons. The number of hydrogen-bond donors (Lipinski definition) is 1. The van der Waals surface area contributed by atoms with Gasteiger partial charge in [-0.1, -0.05) is 0 Å². The Kier molecular flexibility index (Phi) is 5.42. The van der Waals surface area contributed by atoms with Crippen LogP contribution in [0.5, 0.6) is 5.75 Å². The van der Waals surface area contributed by atoms with Gasteiger partial charge in [-0.15, -0.1) is 0 Å². The summed E-state index contributed by atoms with van der Waals surface area (Å²) in [4.78, 5) is 12.0. The lowest BCUT2D eigenvalue weighted by molar-refractivity contribution is -0.125. The van der Waals surface area contributed by atoms with Crippen molar-refractivity contribution in [1.82, 2.24) is 9.62 Å². The fraction of sp³-hybridized carbons (Fsp3) is 0.533. The van der Waals surface area contributed by atoms with E-state index in [1.165, 1.54) is 4.31 Å². The zero-order chi connectivity index (χ0) is 16.2. The van der Waals surface area contributed by atoms with E-state index in [-0.39, 0.29) is 23.3 Å². The molecule has 1 saturated heterocycles. The Morgan fingerprint density at radius 3 is 2.64 bits per heavy atom. The molecular weight excluding hydrogens is 304 g/mol. The maximum Gasteiger partial charge on any atom is 0.243 e. The molecule has 0 bridgehead atoms. The molecular formula is C15H22N2O4S. The van der Waals surface area contributed by atoms with Crippen LogP contribution in [0.1, 0.15) is 19.8 Å². The van der Waals surface area contributed by atoms with Crippen LogP contribution in [0, 0.1) is 5.92 Å². The summed E-state index contributed by atoms with van der Waals surface area (Å²) in [5.41, 5.74) is 0. The number of sulfonamides is 1. The van der Waals surface area contributed by atoms with Crippen molar-refractivity contribution in [1.29, 1.82) is 0 Å². The van der Waals surface area contributed by atoms with Crippen LogP contribution < -0.4 is 10.1 Å². The summed E-state index contributed by atoms with van der Waals surface area (Å²) >= 11 is 0. The van der Waals surface area contributed by atoms with E-state index in [9.17, 15) is 13.2 Å². The molecule has 6 nitrogen and oxygen atoms in total. The lowest BCUT2D eigenvalue weighted by atomic mass is 9.99. The second kappa shape index (κ2) is 7.11. The minimum absolute atomic E-state index is 0.105. The predicted octanol–water partition coefficient (Wildman–Crippen LogP) is 1.23. The summed E-state index contributed by atoms with van der Waals surface area (Å²) in [7, 11) is -2.00. The van der Waals surface area contributed by atoms with Crippen molar-refractivity contribution < 1.29 is 17.9 Å². The largest absolute Gasteiger partial charge is 0.494 e. The molecule has 2 rings (SSSR count). The van der Waals surface area contributed by atoms with Crippen molar-refractivity contribution in [3.05, 3.63) is 24.3 Å². The molecule has 0 spiro atoms. The van der Waals surface area contributed by atoms with Crippen LogP contribution >= 0.6 is 0 Å². The van der Waals surface area contributed by atoms with Gasteiger partial charge in [0.1, 0.15) is 5.75 Å². The zero-order valence-electron chi connectivity index (χ0n) is 12.9. The van der Waals surface area contributed by atoms with Crippen molar-refractivity contribution in [3.63, 3.8) is 0 Å². The highest BCUT2D eigenvalue weighted by molar-refractivity contribution is 7.89. The van der Waals surface area contributed by atoms with Crippen molar-refractivity contribution >= 4 is 15.9 Å². The molecule has 0 saturated carbocycles. The van der Waals surface area contributed by atoms with Crippen LogP contribution in [0.2, 0.25) is 0 Å². The number of nitrogens with zero attached hydrogens (tertiary/aromatic N) is 1. The van der Waals surface area contributed by atoms with Gasteiger partial charge >= 0.3 is 0 Å². The fourth-order valence-electron chi connectivity index (χ4n) is 2.60. The number of piperidine rings is 1. The van der Waals surface area contributed by atoms with E-state index in [1.54, 1.807) is 31.3 Å². The van der Waals surface area contributed by atoms with Gasteiger partial charge in [0.05, 0.1) is 17.4 Å². The Morgan fingerprint density at radius 1 is 1.36 bits per heavy atom. The first-order valence-electron chi connectivity index (χ1n) is 7.43. The molecule has 0 aliphatic carbocycles. The van der Waals surface area contributed by atoms with E-state index >= 15 is 0 Å². The van der Waals surface area contributed by atoms with Gasteiger partial charge in [-0.3, -0.25) is 4.79 Å². The predicted molar refractivity (Wildman–Crippen MR) is 83.2 cm³/mol. The summed E-state index contributed by atoms with van der Waals surface area (Å²) in [5, 5.41) is 2.59. The SMILES string of the molecule is CCOc1ccc(S(=O)(=O)N2CCC[C@H](C(=O)NC)C2)cc1. The van der Waals surface area contributed by atoms with Crippen LogP contribution in [0.25, 0.3) is 0 Å². The number of nitrogens with one attached hydrogen (secondary N) is 1. The minimum atomic E-state index is -3.57. The highest BCUT2D eigenvalue weighted by Crippen LogP contribution is 2.25. The number of carbonyl (C=O) groups is 1. The van der Waals surface area contributed by atoms with Gasteiger partial charge in [-0.25, -0.2) is 8.42 Å². The van der Waals surface area contributed by atoms with Gasteiger partial charge in [0, 0.05) is 20.1 Å². The summed E-state index contributed by atoms with van der Waals surface area (Å²) in [6, 6.07) is 6.39. The quantitative estimate of drug-likeness (QED) is 0.883. The average molecular weight is 326 g/mol. The van der Waals surface area contributed by atoms with Gasteiger partial charge < -0.3 is 10.1 Å². The highest BCUT2D eigenvalue weighted by atomic mass is 32.2. The van der Waals surface area contributed by atoms with E-state index in [1.807, 2.05) is 6.92 Å². The monoisotopic (exact) mass is 326 g/mol. The molecule has 1 aliphatic heterocycles. The molecule has 1 atom stereocenters. The summed E-state index contributed by atoms with van der Waals surface area (Å²) < 4.78 is 32.0. The third-order valence-corrected chi connectivity index (χ3v) is 5.65. The number of amides is 1. The molecule has 1 aliphatic rings. The summed E-state index contributed by atoms with van der Waals surface area (Å²) in [6.07, 6.45) is 1.41. The second-order valence-corrected chi connectivity index (χ2v) is 7.16. The summed E-state index contributed by atoms with van der Waals surface area (Å²) in [5.74, 6) is 0.256. The third kappa shape index (κ3) is 3.59. The summed E-state index contributed by atoms with van der Waals surface area (Å²) in [6.45, 7) is 3.08. The lowest BCUT2D eigenvalue weighted by Gasteiger charge is -2.31. The smallest absolute Gasteiger partial charge is 0.243 e. The molecule has 1 heterocycles. The Bertz CT molecular complexity index is 613. The molecule has 22 heavy (non-hydrogen) atoms. The normalized spacial score (nSPS) is 19.6. The number of benzene rings is 1. The molecule has 7 heteroatoms. The number of ether oxygens (including phenoxy) is 1. The van der Waals surface area contributed by atoms with Crippen LogP contribution in [0.3, 0.4) is 0 Å². The zero-order valence-corrected chi connectivity index (χ0v) is 13.7. The van der Waals surface area contributed by atoms with E-state index in [0.29, 0.717) is 25.3 Å². The molecule has 0 aromatic heterocycles. The van der Waals surface area contributed by atoms with Crippen LogP contribution in [-0.2, 0) is 14.8 Å². The Labute approximate surface area is 131 Å². The lowest BCUT2D eigenvalue weighted by Crippen LogP contribution is -2.44. The number of rotatable bonds is 5.